The molecule has 0 saturated carbocycles. The molecular formula is C13H12O4. The second-order valence-electron chi connectivity index (χ2n) is 4.07. The number of aromatic hydroxyl groups is 1. The second-order valence-corrected chi connectivity index (χ2v) is 4.07. The van der Waals surface area contributed by atoms with Crippen molar-refractivity contribution >= 4 is 11.6 Å². The number of allylic oxidation sites excluding steroid dienone is 2. The summed E-state index contributed by atoms with van der Waals surface area (Å²) in [6, 6.07) is 4.41. The number of benzene rings is 1. The molecule has 0 atom stereocenters. The van der Waals surface area contributed by atoms with Crippen LogP contribution in [-0.4, -0.2) is 22.8 Å². The Morgan fingerprint density at radius 1 is 1.24 bits per heavy atom. The molecule has 0 saturated heterocycles. The molecule has 88 valence electrons. The van der Waals surface area contributed by atoms with E-state index in [0.29, 0.717) is 0 Å². The number of fused-ring (bicyclic) bond motifs is 1. The van der Waals surface area contributed by atoms with Crippen molar-refractivity contribution in [2.75, 3.05) is 0 Å². The summed E-state index contributed by atoms with van der Waals surface area (Å²) in [5, 5.41) is 9.57. The molecule has 0 fully saturated rings. The van der Waals surface area contributed by atoms with E-state index >= 15 is 0 Å². The van der Waals surface area contributed by atoms with Gasteiger partial charge in [0.2, 0.25) is 5.78 Å². The fourth-order valence-corrected chi connectivity index (χ4v) is 1.72. The van der Waals surface area contributed by atoms with E-state index in [9.17, 15) is 14.7 Å². The Hall–Kier alpha value is -2.10. The smallest absolute Gasteiger partial charge is 0.228 e. The van der Waals surface area contributed by atoms with Crippen LogP contribution in [0.25, 0.3) is 0 Å². The lowest BCUT2D eigenvalue weighted by molar-refractivity contribution is 0.0809. The third kappa shape index (κ3) is 1.93. The van der Waals surface area contributed by atoms with E-state index in [1.54, 1.807) is 13.8 Å². The monoisotopic (exact) mass is 232 g/mol. The van der Waals surface area contributed by atoms with Gasteiger partial charge in [-0.05, 0) is 26.0 Å². The molecule has 0 aliphatic heterocycles. The maximum Gasteiger partial charge on any atom is 0.228 e. The van der Waals surface area contributed by atoms with Gasteiger partial charge in [0.15, 0.2) is 11.5 Å². The molecule has 2 rings (SSSR count). The molecule has 0 aromatic heterocycles. The molecule has 0 unspecified atom stereocenters. The summed E-state index contributed by atoms with van der Waals surface area (Å²) in [5.41, 5.74) is 0.238. The molecule has 0 spiro atoms. The van der Waals surface area contributed by atoms with Crippen molar-refractivity contribution in [1.29, 1.82) is 0 Å². The van der Waals surface area contributed by atoms with E-state index in [4.69, 9.17) is 4.74 Å². The van der Waals surface area contributed by atoms with Gasteiger partial charge in [-0.2, -0.15) is 0 Å². The molecule has 1 aliphatic rings. The number of phenolic OH excluding ortho intramolecular Hbond substituents is 1. The Labute approximate surface area is 98.5 Å². The van der Waals surface area contributed by atoms with Gasteiger partial charge in [0.05, 0.1) is 11.7 Å². The van der Waals surface area contributed by atoms with Gasteiger partial charge in [0.1, 0.15) is 5.75 Å². The first-order valence-corrected chi connectivity index (χ1v) is 5.30. The second kappa shape index (κ2) is 4.05. The summed E-state index contributed by atoms with van der Waals surface area (Å²) in [4.78, 5) is 23.8. The number of rotatable bonds is 2. The Morgan fingerprint density at radius 2 is 1.94 bits per heavy atom. The molecule has 1 aromatic rings. The van der Waals surface area contributed by atoms with Crippen LogP contribution in [0.15, 0.2) is 30.0 Å². The summed E-state index contributed by atoms with van der Waals surface area (Å²) >= 11 is 0. The van der Waals surface area contributed by atoms with Crippen molar-refractivity contribution in [2.24, 2.45) is 0 Å². The SMILES string of the molecule is CC(C)OC1=CC(=O)c2c(O)cccc2C1=O. The number of phenols is 1. The minimum absolute atomic E-state index is 0.0306. The van der Waals surface area contributed by atoms with Crippen molar-refractivity contribution < 1.29 is 19.4 Å². The maximum atomic E-state index is 12.0. The summed E-state index contributed by atoms with van der Waals surface area (Å²) in [6.45, 7) is 3.55. The molecule has 1 N–H and O–H groups in total. The highest BCUT2D eigenvalue weighted by Crippen LogP contribution is 2.28. The van der Waals surface area contributed by atoms with E-state index in [0.717, 1.165) is 6.08 Å². The van der Waals surface area contributed by atoms with Gasteiger partial charge in [-0.25, -0.2) is 0 Å². The topological polar surface area (TPSA) is 63.6 Å². The quantitative estimate of drug-likeness (QED) is 0.847. The largest absolute Gasteiger partial charge is 0.507 e. The van der Waals surface area contributed by atoms with E-state index in [1.807, 2.05) is 0 Å². The summed E-state index contributed by atoms with van der Waals surface area (Å²) in [6.07, 6.45) is 0.946. The highest BCUT2D eigenvalue weighted by molar-refractivity contribution is 6.24. The molecule has 0 heterocycles. The molecule has 1 aliphatic carbocycles. The fraction of sp³-hybridized carbons (Fsp3) is 0.231. The Kier molecular flexibility index (Phi) is 2.71. The van der Waals surface area contributed by atoms with Crippen molar-refractivity contribution in [3.63, 3.8) is 0 Å². The molecule has 0 amide bonds. The summed E-state index contributed by atoms with van der Waals surface area (Å²) in [7, 11) is 0. The van der Waals surface area contributed by atoms with Crippen molar-refractivity contribution in [2.45, 2.75) is 20.0 Å². The van der Waals surface area contributed by atoms with Gasteiger partial charge in [-0.3, -0.25) is 9.59 Å². The fourth-order valence-electron chi connectivity index (χ4n) is 1.72. The maximum absolute atomic E-state index is 12.0. The Balaban J connectivity index is 2.50. The third-order valence-corrected chi connectivity index (χ3v) is 2.38. The number of hydrogen-bond acceptors (Lipinski definition) is 4. The first-order chi connectivity index (χ1) is 8.00. The van der Waals surface area contributed by atoms with Crippen LogP contribution in [0.4, 0.5) is 0 Å². The molecular weight excluding hydrogens is 220 g/mol. The van der Waals surface area contributed by atoms with Crippen LogP contribution in [-0.2, 0) is 4.74 Å². The van der Waals surface area contributed by atoms with Crippen LogP contribution in [0.5, 0.6) is 5.75 Å². The Bertz CT molecular complexity index is 526. The van der Waals surface area contributed by atoms with Gasteiger partial charge in [0.25, 0.3) is 0 Å². The summed E-state index contributed by atoms with van der Waals surface area (Å²) in [5.74, 6) is -0.929. The minimum Gasteiger partial charge on any atom is -0.507 e. The highest BCUT2D eigenvalue weighted by Gasteiger charge is 2.29. The van der Waals surface area contributed by atoms with Crippen LogP contribution >= 0.6 is 0 Å². The predicted molar refractivity (Wildman–Crippen MR) is 61.1 cm³/mol. The average molecular weight is 232 g/mol. The van der Waals surface area contributed by atoms with Crippen molar-refractivity contribution in [3.8, 4) is 5.75 Å². The van der Waals surface area contributed by atoms with Crippen LogP contribution in [0, 0.1) is 0 Å². The third-order valence-electron chi connectivity index (χ3n) is 2.38. The number of ether oxygens (including phenoxy) is 1. The van der Waals surface area contributed by atoms with Crippen LogP contribution in [0.1, 0.15) is 34.6 Å². The van der Waals surface area contributed by atoms with E-state index in [2.05, 4.69) is 0 Å². The van der Waals surface area contributed by atoms with Crippen molar-refractivity contribution in [1.82, 2.24) is 0 Å². The number of Topliss-reactive ketones (excluding diaryl/α,β-unsaturated/α-hetero) is 1. The Morgan fingerprint density at radius 3 is 2.59 bits per heavy atom. The van der Waals surface area contributed by atoms with Gasteiger partial charge >= 0.3 is 0 Å². The molecule has 17 heavy (non-hydrogen) atoms. The predicted octanol–water partition coefficient (Wildman–Crippen LogP) is 2.08. The van der Waals surface area contributed by atoms with Gasteiger partial charge in [-0.15, -0.1) is 0 Å². The lowest BCUT2D eigenvalue weighted by atomic mass is 9.93. The van der Waals surface area contributed by atoms with Gasteiger partial charge in [0, 0.05) is 11.6 Å². The number of carbonyl (C=O) groups excluding carboxylic acids is 2. The van der Waals surface area contributed by atoms with Crippen LogP contribution in [0.2, 0.25) is 0 Å². The van der Waals surface area contributed by atoms with Crippen molar-refractivity contribution in [3.05, 3.63) is 41.2 Å². The normalized spacial score (nSPS) is 14.6. The zero-order valence-corrected chi connectivity index (χ0v) is 9.56. The molecule has 4 nitrogen and oxygen atoms in total. The number of carbonyl (C=O) groups is 2. The standard InChI is InChI=1S/C13H12O4/c1-7(2)17-11-6-10(15)12-8(13(11)16)4-3-5-9(12)14/h3-7,14H,1-2H3. The first kappa shape index (κ1) is 11.4. The van der Waals surface area contributed by atoms with E-state index < -0.39 is 5.78 Å². The van der Waals surface area contributed by atoms with Crippen LogP contribution < -0.4 is 0 Å². The van der Waals surface area contributed by atoms with E-state index in [-0.39, 0.29) is 34.5 Å². The van der Waals surface area contributed by atoms with E-state index in [1.165, 1.54) is 18.2 Å². The highest BCUT2D eigenvalue weighted by atomic mass is 16.5. The molecule has 0 bridgehead atoms. The van der Waals surface area contributed by atoms with Gasteiger partial charge in [-0.1, -0.05) is 6.07 Å². The lowest BCUT2D eigenvalue weighted by Crippen LogP contribution is -2.20. The van der Waals surface area contributed by atoms with Crippen LogP contribution in [0.3, 0.4) is 0 Å². The minimum atomic E-state index is -0.409. The number of hydrogen-bond donors (Lipinski definition) is 1. The zero-order chi connectivity index (χ0) is 12.6. The lowest BCUT2D eigenvalue weighted by Gasteiger charge is -2.18. The molecule has 0 radical (unpaired) electrons. The average Bonchev–Trinajstić information content (AvgIpc) is 2.24. The first-order valence-electron chi connectivity index (χ1n) is 5.30. The number of ketones is 2. The molecule has 1 aromatic carbocycles. The molecule has 4 heteroatoms. The summed E-state index contributed by atoms with van der Waals surface area (Å²) < 4.78 is 5.28. The zero-order valence-electron chi connectivity index (χ0n) is 9.56. The van der Waals surface area contributed by atoms with Gasteiger partial charge < -0.3 is 9.84 Å².